The molecule has 0 bridgehead atoms. The van der Waals surface area contributed by atoms with E-state index in [1.165, 1.54) is 5.56 Å². The van der Waals surface area contributed by atoms with Crippen LogP contribution in [-0.4, -0.2) is 17.8 Å². The Labute approximate surface area is 79.4 Å². The van der Waals surface area contributed by atoms with Crippen LogP contribution < -0.4 is 5.73 Å². The van der Waals surface area contributed by atoms with Gasteiger partial charge >= 0.3 is 0 Å². The molecule has 72 valence electrons. The predicted molar refractivity (Wildman–Crippen MR) is 54.5 cm³/mol. The highest BCUT2D eigenvalue weighted by Crippen LogP contribution is 2.19. The molecule has 1 aromatic rings. The topological polar surface area (TPSA) is 46.2 Å². The van der Waals surface area contributed by atoms with Crippen LogP contribution in [0, 0.1) is 0 Å². The van der Waals surface area contributed by atoms with Crippen LogP contribution in [0.2, 0.25) is 0 Å². The molecule has 2 atom stereocenters. The highest BCUT2D eigenvalue weighted by Gasteiger charge is 2.11. The van der Waals surface area contributed by atoms with Gasteiger partial charge in [0.05, 0.1) is 6.10 Å². The average molecular weight is 179 g/mol. The van der Waals surface area contributed by atoms with Crippen molar-refractivity contribution in [2.45, 2.75) is 25.4 Å². The van der Waals surface area contributed by atoms with Gasteiger partial charge in [-0.05, 0) is 31.4 Å². The minimum Gasteiger partial charge on any atom is -0.393 e. The lowest BCUT2D eigenvalue weighted by atomic mass is 9.94. The lowest BCUT2D eigenvalue weighted by Crippen LogP contribution is -2.17. The first-order chi connectivity index (χ1) is 6.24. The smallest absolute Gasteiger partial charge is 0.0518 e. The molecule has 0 radical (unpaired) electrons. The van der Waals surface area contributed by atoms with Crippen molar-refractivity contribution in [3.8, 4) is 0 Å². The maximum absolute atomic E-state index is 9.26. The second-order valence-corrected chi connectivity index (χ2v) is 3.43. The van der Waals surface area contributed by atoms with E-state index in [0.29, 0.717) is 6.54 Å². The van der Waals surface area contributed by atoms with E-state index >= 15 is 0 Å². The van der Waals surface area contributed by atoms with Gasteiger partial charge in [-0.15, -0.1) is 0 Å². The van der Waals surface area contributed by atoms with Gasteiger partial charge in [-0.3, -0.25) is 0 Å². The molecular weight excluding hydrogens is 162 g/mol. The number of rotatable bonds is 4. The highest BCUT2D eigenvalue weighted by molar-refractivity contribution is 5.19. The summed E-state index contributed by atoms with van der Waals surface area (Å²) < 4.78 is 0. The van der Waals surface area contributed by atoms with E-state index in [0.717, 1.165) is 6.42 Å². The zero-order valence-corrected chi connectivity index (χ0v) is 7.98. The zero-order valence-electron chi connectivity index (χ0n) is 7.98. The summed E-state index contributed by atoms with van der Waals surface area (Å²) in [5.74, 6) is 0.279. The van der Waals surface area contributed by atoms with Crippen molar-refractivity contribution in [1.82, 2.24) is 0 Å². The molecule has 0 aliphatic carbocycles. The Kier molecular flexibility index (Phi) is 3.93. The van der Waals surface area contributed by atoms with E-state index in [1.807, 2.05) is 18.2 Å². The SMILES string of the molecule is C[C@@H](O)C[C@@H](CN)c1ccccc1. The van der Waals surface area contributed by atoms with E-state index in [4.69, 9.17) is 5.73 Å². The van der Waals surface area contributed by atoms with E-state index < -0.39 is 0 Å². The fraction of sp³-hybridized carbons (Fsp3) is 0.455. The number of nitrogens with two attached hydrogens (primary N) is 1. The molecule has 0 amide bonds. The highest BCUT2D eigenvalue weighted by atomic mass is 16.3. The first kappa shape index (κ1) is 10.2. The Balaban J connectivity index is 2.67. The van der Waals surface area contributed by atoms with Crippen LogP contribution >= 0.6 is 0 Å². The Hall–Kier alpha value is -0.860. The normalized spacial score (nSPS) is 15.3. The molecule has 0 saturated carbocycles. The summed E-state index contributed by atoms with van der Waals surface area (Å²) in [6.07, 6.45) is 0.453. The number of hydrogen-bond acceptors (Lipinski definition) is 2. The van der Waals surface area contributed by atoms with Gasteiger partial charge in [0.1, 0.15) is 0 Å². The third-order valence-corrected chi connectivity index (χ3v) is 2.18. The third-order valence-electron chi connectivity index (χ3n) is 2.18. The van der Waals surface area contributed by atoms with E-state index in [-0.39, 0.29) is 12.0 Å². The lowest BCUT2D eigenvalue weighted by Gasteiger charge is -2.16. The van der Waals surface area contributed by atoms with Crippen molar-refractivity contribution in [3.05, 3.63) is 35.9 Å². The molecule has 1 aromatic carbocycles. The Morgan fingerprint density at radius 2 is 1.92 bits per heavy atom. The Morgan fingerprint density at radius 3 is 2.38 bits per heavy atom. The zero-order chi connectivity index (χ0) is 9.68. The van der Waals surface area contributed by atoms with Gasteiger partial charge < -0.3 is 10.8 Å². The van der Waals surface area contributed by atoms with E-state index in [9.17, 15) is 5.11 Å². The number of aliphatic hydroxyl groups excluding tert-OH is 1. The molecule has 1 rings (SSSR count). The van der Waals surface area contributed by atoms with Gasteiger partial charge in [0.15, 0.2) is 0 Å². The number of benzene rings is 1. The quantitative estimate of drug-likeness (QED) is 0.735. The molecule has 13 heavy (non-hydrogen) atoms. The average Bonchev–Trinajstić information content (AvgIpc) is 2.15. The summed E-state index contributed by atoms with van der Waals surface area (Å²) in [7, 11) is 0. The fourth-order valence-electron chi connectivity index (χ4n) is 1.51. The summed E-state index contributed by atoms with van der Waals surface area (Å²) in [5, 5.41) is 9.26. The van der Waals surface area contributed by atoms with Gasteiger partial charge in [0.25, 0.3) is 0 Å². The Bertz CT molecular complexity index is 233. The number of aliphatic hydroxyl groups is 1. The second kappa shape index (κ2) is 5.00. The first-order valence-corrected chi connectivity index (χ1v) is 4.67. The minimum absolute atomic E-state index is 0.279. The molecule has 0 heterocycles. The van der Waals surface area contributed by atoms with E-state index in [2.05, 4.69) is 12.1 Å². The molecule has 2 nitrogen and oxygen atoms in total. The monoisotopic (exact) mass is 179 g/mol. The fourth-order valence-corrected chi connectivity index (χ4v) is 1.51. The largest absolute Gasteiger partial charge is 0.393 e. The van der Waals surface area contributed by atoms with Crippen molar-refractivity contribution < 1.29 is 5.11 Å². The second-order valence-electron chi connectivity index (χ2n) is 3.43. The third kappa shape index (κ3) is 3.17. The Morgan fingerprint density at radius 1 is 1.31 bits per heavy atom. The summed E-state index contributed by atoms with van der Waals surface area (Å²) in [6, 6.07) is 10.1. The van der Waals surface area contributed by atoms with Crippen molar-refractivity contribution >= 4 is 0 Å². The van der Waals surface area contributed by atoms with Crippen LogP contribution in [0.5, 0.6) is 0 Å². The van der Waals surface area contributed by atoms with Crippen LogP contribution in [0.4, 0.5) is 0 Å². The van der Waals surface area contributed by atoms with Crippen molar-refractivity contribution in [3.63, 3.8) is 0 Å². The standard InChI is InChI=1S/C11H17NO/c1-9(13)7-11(8-12)10-5-3-2-4-6-10/h2-6,9,11,13H,7-8,12H2,1H3/t9-,11+/m1/s1. The lowest BCUT2D eigenvalue weighted by molar-refractivity contribution is 0.175. The first-order valence-electron chi connectivity index (χ1n) is 4.67. The van der Waals surface area contributed by atoms with Crippen LogP contribution in [0.15, 0.2) is 30.3 Å². The van der Waals surface area contributed by atoms with Crippen molar-refractivity contribution in [2.24, 2.45) is 5.73 Å². The molecule has 0 unspecified atom stereocenters. The van der Waals surface area contributed by atoms with Crippen LogP contribution in [-0.2, 0) is 0 Å². The van der Waals surface area contributed by atoms with Gasteiger partial charge in [0, 0.05) is 0 Å². The maximum atomic E-state index is 9.26. The van der Waals surface area contributed by atoms with Gasteiger partial charge in [-0.1, -0.05) is 30.3 Å². The summed E-state index contributed by atoms with van der Waals surface area (Å²) >= 11 is 0. The minimum atomic E-state index is -0.284. The predicted octanol–water partition coefficient (Wildman–Crippen LogP) is 1.50. The van der Waals surface area contributed by atoms with Crippen LogP contribution in [0.1, 0.15) is 24.8 Å². The molecule has 3 N–H and O–H groups in total. The van der Waals surface area contributed by atoms with Gasteiger partial charge in [-0.25, -0.2) is 0 Å². The van der Waals surface area contributed by atoms with Crippen molar-refractivity contribution in [1.29, 1.82) is 0 Å². The molecule has 0 aromatic heterocycles. The molecule has 0 aliphatic rings. The van der Waals surface area contributed by atoms with Crippen molar-refractivity contribution in [2.75, 3.05) is 6.54 Å². The summed E-state index contributed by atoms with van der Waals surface area (Å²) in [6.45, 7) is 2.39. The molecule has 0 fully saturated rings. The van der Waals surface area contributed by atoms with Gasteiger partial charge in [-0.2, -0.15) is 0 Å². The molecule has 0 spiro atoms. The summed E-state index contributed by atoms with van der Waals surface area (Å²) in [5.41, 5.74) is 6.86. The number of hydrogen-bond donors (Lipinski definition) is 2. The molecule has 0 aliphatic heterocycles. The van der Waals surface area contributed by atoms with Crippen LogP contribution in [0.25, 0.3) is 0 Å². The van der Waals surface area contributed by atoms with Gasteiger partial charge in [0.2, 0.25) is 0 Å². The molecule has 0 saturated heterocycles. The summed E-state index contributed by atoms with van der Waals surface area (Å²) in [4.78, 5) is 0. The van der Waals surface area contributed by atoms with E-state index in [1.54, 1.807) is 6.92 Å². The van der Waals surface area contributed by atoms with Crippen LogP contribution in [0.3, 0.4) is 0 Å². The molecule has 2 heteroatoms. The molecular formula is C11H17NO. The maximum Gasteiger partial charge on any atom is 0.0518 e.